The van der Waals surface area contributed by atoms with Crippen LogP contribution in [0, 0.1) is 0 Å². The van der Waals surface area contributed by atoms with Crippen molar-refractivity contribution in [3.8, 4) is 0 Å². The summed E-state index contributed by atoms with van der Waals surface area (Å²) in [6.45, 7) is 3.55. The normalized spacial score (nSPS) is 12.7. The van der Waals surface area contributed by atoms with Crippen LogP contribution in [0.2, 0.25) is 0 Å². The highest BCUT2D eigenvalue weighted by molar-refractivity contribution is 7.99. The molecular weight excluding hydrogens is 394 g/mol. The molecule has 0 aliphatic rings. The van der Waals surface area contributed by atoms with E-state index in [4.69, 9.17) is 4.74 Å². The van der Waals surface area contributed by atoms with E-state index in [9.17, 15) is 14.4 Å². The summed E-state index contributed by atoms with van der Waals surface area (Å²) in [7, 11) is 3.08. The molecule has 0 spiro atoms. The molecular formula is C19H25N5O4S. The van der Waals surface area contributed by atoms with Gasteiger partial charge in [-0.25, -0.2) is 4.79 Å². The van der Waals surface area contributed by atoms with Crippen molar-refractivity contribution in [2.75, 3.05) is 18.2 Å². The number of amides is 2. The van der Waals surface area contributed by atoms with Crippen LogP contribution in [0.5, 0.6) is 0 Å². The molecule has 0 saturated heterocycles. The smallest absolute Gasteiger partial charge is 0.331 e. The third-order valence-corrected chi connectivity index (χ3v) is 5.22. The molecule has 1 heterocycles. The van der Waals surface area contributed by atoms with Crippen molar-refractivity contribution in [2.45, 2.75) is 37.4 Å². The van der Waals surface area contributed by atoms with Gasteiger partial charge in [0.05, 0.1) is 12.9 Å². The fraction of sp³-hybridized carbons (Fsp3) is 0.421. The average Bonchev–Trinajstić information content (AvgIpc) is 3.10. The van der Waals surface area contributed by atoms with E-state index in [1.807, 2.05) is 6.92 Å². The van der Waals surface area contributed by atoms with Crippen molar-refractivity contribution in [3.63, 3.8) is 0 Å². The molecule has 1 aromatic carbocycles. The van der Waals surface area contributed by atoms with Gasteiger partial charge < -0.3 is 19.9 Å². The molecule has 29 heavy (non-hydrogen) atoms. The van der Waals surface area contributed by atoms with Crippen LogP contribution in [0.3, 0.4) is 0 Å². The van der Waals surface area contributed by atoms with Gasteiger partial charge in [-0.15, -0.1) is 10.2 Å². The van der Waals surface area contributed by atoms with E-state index in [2.05, 4.69) is 20.8 Å². The van der Waals surface area contributed by atoms with Crippen LogP contribution in [-0.4, -0.2) is 50.9 Å². The number of ether oxygens (including phenoxy) is 1. The number of nitrogens with one attached hydrogen (secondary N) is 2. The summed E-state index contributed by atoms with van der Waals surface area (Å²) in [5, 5.41) is 13.8. The quantitative estimate of drug-likeness (QED) is 0.472. The Balaban J connectivity index is 2.02. The molecule has 10 heteroatoms. The fourth-order valence-electron chi connectivity index (χ4n) is 2.73. The van der Waals surface area contributed by atoms with Gasteiger partial charge in [0.25, 0.3) is 5.91 Å². The zero-order valence-corrected chi connectivity index (χ0v) is 17.7. The van der Waals surface area contributed by atoms with Crippen molar-refractivity contribution in [1.82, 2.24) is 20.1 Å². The molecule has 0 saturated carbocycles. The first-order valence-corrected chi connectivity index (χ1v) is 10.0. The van der Waals surface area contributed by atoms with Crippen LogP contribution in [0.25, 0.3) is 0 Å². The van der Waals surface area contributed by atoms with Crippen molar-refractivity contribution >= 4 is 35.2 Å². The van der Waals surface area contributed by atoms with Gasteiger partial charge in [-0.3, -0.25) is 9.59 Å². The zero-order valence-electron chi connectivity index (χ0n) is 16.9. The minimum absolute atomic E-state index is 0.153. The summed E-state index contributed by atoms with van der Waals surface area (Å²) >= 11 is 1.26. The van der Waals surface area contributed by atoms with E-state index in [1.165, 1.54) is 18.9 Å². The molecule has 0 fully saturated rings. The minimum Gasteiger partial charge on any atom is -0.467 e. The van der Waals surface area contributed by atoms with Crippen LogP contribution in [-0.2, 0) is 21.4 Å². The topological polar surface area (TPSA) is 115 Å². The molecule has 1 aromatic heterocycles. The summed E-state index contributed by atoms with van der Waals surface area (Å²) in [5.41, 5.74) is -0.307. The number of anilines is 1. The van der Waals surface area contributed by atoms with E-state index in [1.54, 1.807) is 49.1 Å². The number of methoxy groups -OCH3 is 1. The Morgan fingerprint density at radius 3 is 2.69 bits per heavy atom. The molecule has 2 N–H and O–H groups in total. The molecule has 1 unspecified atom stereocenters. The SMILES string of the molecule is CCCC(C)(NC(=O)c1cccc(NC(=O)CSc2nncn2C)c1)C(=O)OC. The minimum atomic E-state index is -1.12. The van der Waals surface area contributed by atoms with E-state index in [0.29, 0.717) is 29.2 Å². The Kier molecular flexibility index (Phi) is 7.77. The van der Waals surface area contributed by atoms with Gasteiger partial charge in [0.15, 0.2) is 5.16 Å². The Hall–Kier alpha value is -2.88. The van der Waals surface area contributed by atoms with Crippen LogP contribution in [0.15, 0.2) is 35.7 Å². The first-order valence-electron chi connectivity index (χ1n) is 9.06. The number of hydrogen-bond donors (Lipinski definition) is 2. The molecule has 0 aliphatic heterocycles. The number of esters is 1. The van der Waals surface area contributed by atoms with Crippen LogP contribution >= 0.6 is 11.8 Å². The molecule has 1 atom stereocenters. The van der Waals surface area contributed by atoms with Crippen molar-refractivity contribution < 1.29 is 19.1 Å². The summed E-state index contributed by atoms with van der Waals surface area (Å²) in [4.78, 5) is 36.9. The van der Waals surface area contributed by atoms with E-state index in [0.717, 1.165) is 0 Å². The third-order valence-electron chi connectivity index (χ3n) is 4.19. The number of aromatic nitrogens is 3. The lowest BCUT2D eigenvalue weighted by molar-refractivity contribution is -0.147. The molecule has 9 nitrogen and oxygen atoms in total. The zero-order chi connectivity index (χ0) is 21.4. The van der Waals surface area contributed by atoms with E-state index >= 15 is 0 Å². The predicted octanol–water partition coefficient (Wildman–Crippen LogP) is 2.01. The summed E-state index contributed by atoms with van der Waals surface area (Å²) in [6.07, 6.45) is 2.70. The molecule has 2 aromatic rings. The third kappa shape index (κ3) is 6.05. The molecule has 2 rings (SSSR count). The number of carbonyl (C=O) groups is 3. The maximum atomic E-state index is 12.7. The number of carbonyl (C=O) groups excluding carboxylic acids is 3. The van der Waals surface area contributed by atoms with Gasteiger partial charge in [0, 0.05) is 18.3 Å². The highest BCUT2D eigenvalue weighted by Crippen LogP contribution is 2.18. The Morgan fingerprint density at radius 2 is 2.07 bits per heavy atom. The first-order chi connectivity index (χ1) is 13.8. The van der Waals surface area contributed by atoms with Gasteiger partial charge in [-0.05, 0) is 31.5 Å². The van der Waals surface area contributed by atoms with Gasteiger partial charge in [0.1, 0.15) is 11.9 Å². The lowest BCUT2D eigenvalue weighted by Gasteiger charge is -2.27. The molecule has 0 radical (unpaired) electrons. The fourth-order valence-corrected chi connectivity index (χ4v) is 3.42. The van der Waals surface area contributed by atoms with Gasteiger partial charge in [-0.2, -0.15) is 0 Å². The second-order valence-electron chi connectivity index (χ2n) is 6.67. The Labute approximate surface area is 173 Å². The monoisotopic (exact) mass is 419 g/mol. The number of aryl methyl sites for hydroxylation is 1. The number of thioether (sulfide) groups is 1. The highest BCUT2D eigenvalue weighted by atomic mass is 32.2. The van der Waals surface area contributed by atoms with Gasteiger partial charge in [-0.1, -0.05) is 31.2 Å². The first kappa shape index (κ1) is 22.4. The molecule has 0 bridgehead atoms. The van der Waals surface area contributed by atoms with Crippen molar-refractivity contribution in [2.24, 2.45) is 7.05 Å². The summed E-state index contributed by atoms with van der Waals surface area (Å²) in [6, 6.07) is 6.52. The summed E-state index contributed by atoms with van der Waals surface area (Å²) in [5.74, 6) is -1.00. The molecule has 2 amide bonds. The Bertz CT molecular complexity index is 885. The highest BCUT2D eigenvalue weighted by Gasteiger charge is 2.35. The van der Waals surface area contributed by atoms with E-state index in [-0.39, 0.29) is 11.7 Å². The Morgan fingerprint density at radius 1 is 1.31 bits per heavy atom. The number of benzene rings is 1. The number of nitrogens with zero attached hydrogens (tertiary/aromatic N) is 3. The average molecular weight is 420 g/mol. The van der Waals surface area contributed by atoms with Crippen molar-refractivity contribution in [1.29, 1.82) is 0 Å². The second-order valence-corrected chi connectivity index (χ2v) is 7.61. The second kappa shape index (κ2) is 10.1. The maximum Gasteiger partial charge on any atom is 0.331 e. The van der Waals surface area contributed by atoms with Crippen LogP contribution in [0.1, 0.15) is 37.0 Å². The largest absolute Gasteiger partial charge is 0.467 e. The summed E-state index contributed by atoms with van der Waals surface area (Å²) < 4.78 is 6.54. The maximum absolute atomic E-state index is 12.7. The number of rotatable bonds is 9. The van der Waals surface area contributed by atoms with Gasteiger partial charge >= 0.3 is 5.97 Å². The lowest BCUT2D eigenvalue weighted by Crippen LogP contribution is -2.52. The van der Waals surface area contributed by atoms with Gasteiger partial charge in [0.2, 0.25) is 5.91 Å². The van der Waals surface area contributed by atoms with E-state index < -0.39 is 17.4 Å². The predicted molar refractivity (Wildman–Crippen MR) is 110 cm³/mol. The number of hydrogen-bond acceptors (Lipinski definition) is 7. The lowest BCUT2D eigenvalue weighted by atomic mass is 9.95. The van der Waals surface area contributed by atoms with Crippen LogP contribution in [0.4, 0.5) is 5.69 Å². The van der Waals surface area contributed by atoms with Crippen LogP contribution < -0.4 is 10.6 Å². The molecule has 156 valence electrons. The van der Waals surface area contributed by atoms with Crippen molar-refractivity contribution in [3.05, 3.63) is 36.2 Å². The standard InChI is InChI=1S/C19H25N5O4S/c1-5-9-19(2,17(27)28-4)22-16(26)13-7-6-8-14(10-13)21-15(25)11-29-18-23-20-12-24(18)3/h6-8,10,12H,5,9,11H2,1-4H3,(H,21,25)(H,22,26). The molecule has 0 aliphatic carbocycles.